The zero-order valence-corrected chi connectivity index (χ0v) is 10.2. The summed E-state index contributed by atoms with van der Waals surface area (Å²) in [5.74, 6) is 1.24. The molecule has 0 radical (unpaired) electrons. The summed E-state index contributed by atoms with van der Waals surface area (Å²) in [6.45, 7) is 5.65. The minimum absolute atomic E-state index is 0.430. The van der Waals surface area contributed by atoms with Crippen molar-refractivity contribution in [3.63, 3.8) is 0 Å². The molecule has 0 aromatic heterocycles. The Balaban J connectivity index is 1.69. The van der Waals surface area contributed by atoms with E-state index >= 15 is 0 Å². The first-order valence-corrected chi connectivity index (χ1v) is 6.36. The molecule has 2 heterocycles. The summed E-state index contributed by atoms with van der Waals surface area (Å²) in [6.07, 6.45) is 0. The Morgan fingerprint density at radius 3 is 2.82 bits per heavy atom. The van der Waals surface area contributed by atoms with Crippen molar-refractivity contribution in [1.82, 2.24) is 5.06 Å². The molecule has 0 bridgehead atoms. The molecule has 1 aromatic rings. The molecule has 92 valence electrons. The zero-order chi connectivity index (χ0) is 11.7. The van der Waals surface area contributed by atoms with E-state index in [1.54, 1.807) is 0 Å². The molecule has 0 saturated carbocycles. The van der Waals surface area contributed by atoms with Crippen molar-refractivity contribution < 1.29 is 9.57 Å². The number of hydroxylamine groups is 2. The molecule has 3 nitrogen and oxygen atoms in total. The number of nitrogens with zero attached hydrogens (tertiary/aromatic N) is 1. The van der Waals surface area contributed by atoms with Gasteiger partial charge in [-0.2, -0.15) is 5.06 Å². The summed E-state index contributed by atoms with van der Waals surface area (Å²) >= 11 is 0. The number of ether oxygens (including phenoxy) is 1. The molecule has 2 aliphatic rings. The fraction of sp³-hybridized carbons (Fsp3) is 0.571. The topological polar surface area (TPSA) is 21.7 Å². The van der Waals surface area contributed by atoms with Crippen molar-refractivity contribution in [2.75, 3.05) is 19.8 Å². The molecule has 0 unspecified atom stereocenters. The molecular formula is C14H19NO2. The van der Waals surface area contributed by atoms with Gasteiger partial charge < -0.3 is 4.74 Å². The monoisotopic (exact) mass is 233 g/mol. The highest BCUT2D eigenvalue weighted by atomic mass is 16.7. The minimum Gasteiger partial charge on any atom is -0.379 e. The molecule has 1 aromatic carbocycles. The average Bonchev–Trinajstić information content (AvgIpc) is 2.76. The van der Waals surface area contributed by atoms with E-state index < -0.39 is 0 Å². The van der Waals surface area contributed by atoms with Crippen molar-refractivity contribution in [2.24, 2.45) is 11.8 Å². The third-order valence-electron chi connectivity index (χ3n) is 3.88. The summed E-state index contributed by atoms with van der Waals surface area (Å²) in [7, 11) is 0. The minimum atomic E-state index is 0.430. The Labute approximate surface area is 102 Å². The highest BCUT2D eigenvalue weighted by Gasteiger charge is 2.41. The van der Waals surface area contributed by atoms with E-state index in [1.165, 1.54) is 5.56 Å². The van der Waals surface area contributed by atoms with Gasteiger partial charge in [-0.3, -0.25) is 4.84 Å². The van der Waals surface area contributed by atoms with Gasteiger partial charge in [0.05, 0.1) is 19.3 Å². The first-order chi connectivity index (χ1) is 8.34. The smallest absolute Gasteiger partial charge is 0.0733 e. The van der Waals surface area contributed by atoms with E-state index in [4.69, 9.17) is 9.57 Å². The van der Waals surface area contributed by atoms with Gasteiger partial charge in [0, 0.05) is 19.1 Å². The molecule has 0 spiro atoms. The lowest BCUT2D eigenvalue weighted by Gasteiger charge is -2.33. The second kappa shape index (κ2) is 4.77. The Bertz CT molecular complexity index is 368. The molecule has 2 saturated heterocycles. The van der Waals surface area contributed by atoms with Gasteiger partial charge in [-0.1, -0.05) is 37.3 Å². The standard InChI is InChI=1S/C14H19NO2/c1-11-8-16-10-14-13(11)9-17-15(14)7-12-5-3-2-4-6-12/h2-6,11,13-14H,7-10H2,1H3/t11-,13+,14-/m1/s1. The molecule has 0 aliphatic carbocycles. The average molecular weight is 233 g/mol. The molecule has 2 aliphatic heterocycles. The van der Waals surface area contributed by atoms with Gasteiger partial charge in [-0.05, 0) is 11.5 Å². The van der Waals surface area contributed by atoms with Crippen LogP contribution < -0.4 is 0 Å². The van der Waals surface area contributed by atoms with Gasteiger partial charge in [-0.25, -0.2) is 0 Å². The van der Waals surface area contributed by atoms with Crippen LogP contribution in [0.3, 0.4) is 0 Å². The van der Waals surface area contributed by atoms with Crippen LogP contribution in [0.5, 0.6) is 0 Å². The summed E-state index contributed by atoms with van der Waals surface area (Å²) in [6, 6.07) is 10.9. The van der Waals surface area contributed by atoms with Gasteiger partial charge >= 0.3 is 0 Å². The normalized spacial score (nSPS) is 33.6. The number of hydrogen-bond acceptors (Lipinski definition) is 3. The van der Waals surface area contributed by atoms with Gasteiger partial charge in [-0.15, -0.1) is 0 Å². The molecule has 17 heavy (non-hydrogen) atoms. The Kier molecular flexibility index (Phi) is 3.14. The molecular weight excluding hydrogens is 214 g/mol. The van der Waals surface area contributed by atoms with Crippen molar-refractivity contribution in [3.05, 3.63) is 35.9 Å². The van der Waals surface area contributed by atoms with Crippen molar-refractivity contribution >= 4 is 0 Å². The second-order valence-corrected chi connectivity index (χ2v) is 5.10. The van der Waals surface area contributed by atoms with Crippen LogP contribution in [0.25, 0.3) is 0 Å². The van der Waals surface area contributed by atoms with Crippen LogP contribution in [-0.4, -0.2) is 30.9 Å². The van der Waals surface area contributed by atoms with Crippen LogP contribution in [-0.2, 0) is 16.1 Å². The van der Waals surface area contributed by atoms with Gasteiger partial charge in [0.15, 0.2) is 0 Å². The van der Waals surface area contributed by atoms with Crippen molar-refractivity contribution in [1.29, 1.82) is 0 Å². The van der Waals surface area contributed by atoms with Gasteiger partial charge in [0.1, 0.15) is 0 Å². The van der Waals surface area contributed by atoms with Crippen LogP contribution in [0, 0.1) is 11.8 Å². The van der Waals surface area contributed by atoms with Gasteiger partial charge in [0.2, 0.25) is 0 Å². The highest BCUT2D eigenvalue weighted by molar-refractivity contribution is 5.14. The molecule has 3 atom stereocenters. The Morgan fingerprint density at radius 2 is 2.00 bits per heavy atom. The van der Waals surface area contributed by atoms with E-state index in [0.29, 0.717) is 17.9 Å². The largest absolute Gasteiger partial charge is 0.379 e. The predicted molar refractivity (Wildman–Crippen MR) is 65.2 cm³/mol. The zero-order valence-electron chi connectivity index (χ0n) is 10.2. The Hall–Kier alpha value is -0.900. The van der Waals surface area contributed by atoms with Crippen LogP contribution in [0.2, 0.25) is 0 Å². The fourth-order valence-electron chi connectivity index (χ4n) is 2.78. The third-order valence-corrected chi connectivity index (χ3v) is 3.88. The van der Waals surface area contributed by atoms with Crippen LogP contribution in [0.1, 0.15) is 12.5 Å². The number of fused-ring (bicyclic) bond motifs is 1. The van der Waals surface area contributed by atoms with E-state index in [2.05, 4.69) is 36.3 Å². The predicted octanol–water partition coefficient (Wildman–Crippen LogP) is 2.08. The fourth-order valence-corrected chi connectivity index (χ4v) is 2.78. The molecule has 3 heteroatoms. The van der Waals surface area contributed by atoms with Crippen molar-refractivity contribution in [3.8, 4) is 0 Å². The number of hydrogen-bond donors (Lipinski definition) is 0. The Morgan fingerprint density at radius 1 is 1.18 bits per heavy atom. The lowest BCUT2D eigenvalue weighted by molar-refractivity contribution is -0.153. The molecule has 3 rings (SSSR count). The lowest BCUT2D eigenvalue weighted by Crippen LogP contribution is -2.43. The van der Waals surface area contributed by atoms with Crippen LogP contribution in [0.15, 0.2) is 30.3 Å². The van der Waals surface area contributed by atoms with E-state index in [0.717, 1.165) is 26.4 Å². The molecule has 0 N–H and O–H groups in total. The maximum Gasteiger partial charge on any atom is 0.0733 e. The quantitative estimate of drug-likeness (QED) is 0.780. The molecule has 2 fully saturated rings. The summed E-state index contributed by atoms with van der Waals surface area (Å²) < 4.78 is 5.64. The lowest BCUT2D eigenvalue weighted by atomic mass is 9.87. The molecule has 0 amide bonds. The third kappa shape index (κ3) is 2.23. The number of rotatable bonds is 2. The SMILES string of the molecule is C[C@@H]1COC[C@@H]2[C@H]1CON2Cc1ccccc1. The van der Waals surface area contributed by atoms with Crippen LogP contribution >= 0.6 is 0 Å². The summed E-state index contributed by atoms with van der Waals surface area (Å²) in [4.78, 5) is 5.83. The van der Waals surface area contributed by atoms with Crippen LogP contribution in [0.4, 0.5) is 0 Å². The highest BCUT2D eigenvalue weighted by Crippen LogP contribution is 2.32. The number of benzene rings is 1. The first-order valence-electron chi connectivity index (χ1n) is 6.36. The van der Waals surface area contributed by atoms with E-state index in [1.807, 2.05) is 6.07 Å². The first kappa shape index (κ1) is 11.2. The van der Waals surface area contributed by atoms with E-state index in [-0.39, 0.29) is 0 Å². The summed E-state index contributed by atoms with van der Waals surface area (Å²) in [5, 5.41) is 2.11. The second-order valence-electron chi connectivity index (χ2n) is 5.10. The van der Waals surface area contributed by atoms with E-state index in [9.17, 15) is 0 Å². The summed E-state index contributed by atoms with van der Waals surface area (Å²) in [5.41, 5.74) is 1.30. The maximum absolute atomic E-state index is 5.83. The van der Waals surface area contributed by atoms with Gasteiger partial charge in [0.25, 0.3) is 0 Å². The van der Waals surface area contributed by atoms with Crippen molar-refractivity contribution in [2.45, 2.75) is 19.5 Å². The maximum atomic E-state index is 5.83.